The van der Waals surface area contributed by atoms with Crippen LogP contribution in [0.5, 0.6) is 0 Å². The fraction of sp³-hybridized carbons (Fsp3) is 0.214. The van der Waals surface area contributed by atoms with Crippen LogP contribution < -0.4 is 5.32 Å². The summed E-state index contributed by atoms with van der Waals surface area (Å²) in [7, 11) is 1.95. The molecule has 96 valence electrons. The van der Waals surface area contributed by atoms with Gasteiger partial charge in [0.1, 0.15) is 5.82 Å². The van der Waals surface area contributed by atoms with Crippen molar-refractivity contribution in [3.63, 3.8) is 0 Å². The zero-order chi connectivity index (χ0) is 13.1. The average Bonchev–Trinajstić information content (AvgIpc) is 2.84. The minimum absolute atomic E-state index is 0.806. The van der Waals surface area contributed by atoms with E-state index in [0.717, 1.165) is 29.8 Å². The van der Waals surface area contributed by atoms with Crippen LogP contribution in [-0.4, -0.2) is 26.3 Å². The van der Waals surface area contributed by atoms with E-state index in [1.807, 2.05) is 48.3 Å². The van der Waals surface area contributed by atoms with E-state index in [4.69, 9.17) is 0 Å². The monoisotopic (exact) mass is 253 g/mol. The molecular formula is C14H15N5. The van der Waals surface area contributed by atoms with Crippen molar-refractivity contribution >= 4 is 16.9 Å². The van der Waals surface area contributed by atoms with E-state index in [1.165, 1.54) is 5.69 Å². The maximum Gasteiger partial charge on any atom is 0.145 e. The van der Waals surface area contributed by atoms with Gasteiger partial charge in [0.15, 0.2) is 0 Å². The van der Waals surface area contributed by atoms with E-state index in [2.05, 4.69) is 20.4 Å². The third-order valence-corrected chi connectivity index (χ3v) is 3.06. The van der Waals surface area contributed by atoms with Crippen LogP contribution in [-0.2, 0) is 13.5 Å². The minimum Gasteiger partial charge on any atom is -0.368 e. The summed E-state index contributed by atoms with van der Waals surface area (Å²) in [6.45, 7) is 0.812. The van der Waals surface area contributed by atoms with Gasteiger partial charge in [-0.05, 0) is 18.2 Å². The maximum atomic E-state index is 4.52. The van der Waals surface area contributed by atoms with Crippen LogP contribution in [0.15, 0.2) is 42.7 Å². The molecule has 0 unspecified atom stereocenters. The Hall–Kier alpha value is -2.43. The molecule has 5 nitrogen and oxygen atoms in total. The summed E-state index contributed by atoms with van der Waals surface area (Å²) in [5.74, 6) is 0.806. The molecule has 0 fully saturated rings. The first-order valence-electron chi connectivity index (χ1n) is 6.25. The van der Waals surface area contributed by atoms with Crippen molar-refractivity contribution in [1.82, 2.24) is 19.7 Å². The number of nitrogens with zero attached hydrogens (tertiary/aromatic N) is 4. The number of hydrogen-bond acceptors (Lipinski definition) is 4. The molecule has 0 saturated heterocycles. The zero-order valence-electron chi connectivity index (χ0n) is 10.7. The van der Waals surface area contributed by atoms with E-state index in [9.17, 15) is 0 Å². The molecule has 1 aromatic carbocycles. The Morgan fingerprint density at radius 3 is 2.79 bits per heavy atom. The van der Waals surface area contributed by atoms with Gasteiger partial charge in [0, 0.05) is 31.9 Å². The first-order valence-corrected chi connectivity index (χ1v) is 6.25. The van der Waals surface area contributed by atoms with E-state index >= 15 is 0 Å². The van der Waals surface area contributed by atoms with Gasteiger partial charge in [0.2, 0.25) is 0 Å². The minimum atomic E-state index is 0.806. The van der Waals surface area contributed by atoms with Gasteiger partial charge < -0.3 is 5.32 Å². The predicted octanol–water partition coefficient (Wildman–Crippen LogP) is 2.02. The number of para-hydroxylation sites is 2. The number of anilines is 1. The van der Waals surface area contributed by atoms with Gasteiger partial charge in [-0.1, -0.05) is 12.1 Å². The molecule has 0 aliphatic heterocycles. The van der Waals surface area contributed by atoms with Gasteiger partial charge in [0.05, 0.1) is 17.2 Å². The first kappa shape index (κ1) is 11.6. The number of fused-ring (bicyclic) bond motifs is 1. The third-order valence-electron chi connectivity index (χ3n) is 3.06. The van der Waals surface area contributed by atoms with Crippen molar-refractivity contribution in [2.75, 3.05) is 11.9 Å². The largest absolute Gasteiger partial charge is 0.368 e. The lowest BCUT2D eigenvalue weighted by molar-refractivity contribution is 0.711. The summed E-state index contributed by atoms with van der Waals surface area (Å²) in [6.07, 6.45) is 4.49. The molecule has 3 rings (SSSR count). The highest BCUT2D eigenvalue weighted by Crippen LogP contribution is 2.11. The number of hydrogen-bond donors (Lipinski definition) is 1. The van der Waals surface area contributed by atoms with E-state index in [-0.39, 0.29) is 0 Å². The van der Waals surface area contributed by atoms with Crippen molar-refractivity contribution in [2.45, 2.75) is 6.42 Å². The summed E-state index contributed by atoms with van der Waals surface area (Å²) < 4.78 is 1.88. The Morgan fingerprint density at radius 1 is 1.16 bits per heavy atom. The summed E-state index contributed by atoms with van der Waals surface area (Å²) in [5.41, 5.74) is 3.02. The first-order chi connectivity index (χ1) is 9.33. The average molecular weight is 253 g/mol. The quantitative estimate of drug-likeness (QED) is 0.773. The van der Waals surface area contributed by atoms with Crippen LogP contribution in [0.2, 0.25) is 0 Å². The predicted molar refractivity (Wildman–Crippen MR) is 74.9 cm³/mol. The third kappa shape index (κ3) is 2.54. The fourth-order valence-corrected chi connectivity index (χ4v) is 2.01. The molecule has 19 heavy (non-hydrogen) atoms. The van der Waals surface area contributed by atoms with Gasteiger partial charge in [-0.2, -0.15) is 5.10 Å². The number of nitrogens with one attached hydrogen (secondary N) is 1. The lowest BCUT2D eigenvalue weighted by atomic mass is 10.3. The Labute approximate surface area is 111 Å². The van der Waals surface area contributed by atoms with E-state index < -0.39 is 0 Å². The summed E-state index contributed by atoms with van der Waals surface area (Å²) >= 11 is 0. The molecule has 0 aliphatic rings. The normalized spacial score (nSPS) is 10.8. The van der Waals surface area contributed by atoms with Crippen molar-refractivity contribution in [2.24, 2.45) is 7.05 Å². The molecule has 0 atom stereocenters. The maximum absolute atomic E-state index is 4.52. The van der Waals surface area contributed by atoms with Gasteiger partial charge in [-0.15, -0.1) is 0 Å². The van der Waals surface area contributed by atoms with Crippen LogP contribution in [0.25, 0.3) is 11.0 Å². The van der Waals surface area contributed by atoms with Crippen LogP contribution in [0.1, 0.15) is 5.69 Å². The number of rotatable bonds is 4. The highest BCUT2D eigenvalue weighted by atomic mass is 15.3. The molecule has 0 spiro atoms. The molecule has 1 N–H and O–H groups in total. The van der Waals surface area contributed by atoms with Crippen LogP contribution in [0.3, 0.4) is 0 Å². The van der Waals surface area contributed by atoms with Gasteiger partial charge >= 0.3 is 0 Å². The van der Waals surface area contributed by atoms with Gasteiger partial charge in [0.25, 0.3) is 0 Å². The standard InChI is InChI=1S/C14H15N5/c1-19-11(7-9-17-19)6-8-15-14-10-16-12-4-2-3-5-13(12)18-14/h2-5,7,9-10H,6,8H2,1H3,(H,15,18). The second kappa shape index (κ2) is 5.06. The van der Waals surface area contributed by atoms with Crippen molar-refractivity contribution in [3.8, 4) is 0 Å². The summed E-state index contributed by atoms with van der Waals surface area (Å²) in [5, 5.41) is 7.43. The topological polar surface area (TPSA) is 55.6 Å². The van der Waals surface area contributed by atoms with E-state index in [0.29, 0.717) is 0 Å². The molecule has 0 bridgehead atoms. The molecule has 2 aromatic heterocycles. The molecule has 5 heteroatoms. The Kier molecular flexibility index (Phi) is 3.10. The summed E-state index contributed by atoms with van der Waals surface area (Å²) in [4.78, 5) is 8.89. The number of aryl methyl sites for hydroxylation is 1. The highest BCUT2D eigenvalue weighted by Gasteiger charge is 2.00. The zero-order valence-corrected chi connectivity index (χ0v) is 10.7. The second-order valence-electron chi connectivity index (χ2n) is 4.37. The molecule has 0 radical (unpaired) electrons. The SMILES string of the molecule is Cn1nccc1CCNc1cnc2ccccc2n1. The van der Waals surface area contributed by atoms with Crippen molar-refractivity contribution in [1.29, 1.82) is 0 Å². The van der Waals surface area contributed by atoms with E-state index in [1.54, 1.807) is 6.20 Å². The van der Waals surface area contributed by atoms with Crippen molar-refractivity contribution in [3.05, 3.63) is 48.4 Å². The van der Waals surface area contributed by atoms with Gasteiger partial charge in [-0.3, -0.25) is 9.67 Å². The molecule has 3 aromatic rings. The second-order valence-corrected chi connectivity index (χ2v) is 4.37. The lowest BCUT2D eigenvalue weighted by Crippen LogP contribution is -2.09. The fourth-order valence-electron chi connectivity index (χ4n) is 2.01. The molecule has 0 saturated carbocycles. The Morgan fingerprint density at radius 2 is 2.00 bits per heavy atom. The number of aromatic nitrogens is 4. The lowest BCUT2D eigenvalue weighted by Gasteiger charge is -2.06. The molecule has 0 aliphatic carbocycles. The summed E-state index contributed by atoms with van der Waals surface area (Å²) in [6, 6.07) is 9.88. The number of benzene rings is 1. The van der Waals surface area contributed by atoms with Crippen LogP contribution in [0.4, 0.5) is 5.82 Å². The Bertz CT molecular complexity index is 689. The molecular weight excluding hydrogens is 238 g/mol. The van der Waals surface area contributed by atoms with Gasteiger partial charge in [-0.25, -0.2) is 4.98 Å². The van der Waals surface area contributed by atoms with Crippen molar-refractivity contribution < 1.29 is 0 Å². The smallest absolute Gasteiger partial charge is 0.145 e. The molecule has 0 amide bonds. The molecule has 2 heterocycles. The van der Waals surface area contributed by atoms with Crippen LogP contribution in [0, 0.1) is 0 Å². The Balaban J connectivity index is 1.67. The van der Waals surface area contributed by atoms with Crippen LogP contribution >= 0.6 is 0 Å². The highest BCUT2D eigenvalue weighted by molar-refractivity contribution is 5.75.